The molecule has 6 N–H and O–H groups in total. The maximum atomic E-state index is 5.16. The van der Waals surface area contributed by atoms with E-state index >= 15 is 0 Å². The third kappa shape index (κ3) is 44.0. The molecule has 0 radical (unpaired) electrons. The van der Waals surface area contributed by atoms with Gasteiger partial charge in [-0.2, -0.15) is 0 Å². The number of piperidine rings is 1. The molecule has 10 nitrogen and oxygen atoms in total. The van der Waals surface area contributed by atoms with E-state index in [1.807, 2.05) is 0 Å². The summed E-state index contributed by atoms with van der Waals surface area (Å²) >= 11 is 0. The van der Waals surface area contributed by atoms with Crippen LogP contribution in [0.3, 0.4) is 0 Å². The maximum Gasteiger partial charge on any atom is 0.0966 e. The summed E-state index contributed by atoms with van der Waals surface area (Å²) in [5.74, 6) is 0. The largest absolute Gasteiger partial charge is 0.366 e. The van der Waals surface area contributed by atoms with Gasteiger partial charge < -0.3 is 29.6 Å². The van der Waals surface area contributed by atoms with E-state index < -0.39 is 0 Å². The van der Waals surface area contributed by atoms with Crippen molar-refractivity contribution in [3.63, 3.8) is 0 Å². The molecule has 0 amide bonds. The van der Waals surface area contributed by atoms with Crippen LogP contribution in [0.25, 0.3) is 0 Å². The third-order valence-electron chi connectivity index (χ3n) is 6.08. The monoisotopic (exact) mass is 613 g/mol. The topological polar surface area (TPSA) is 109 Å². The molecule has 6 fully saturated rings. The second-order valence-corrected chi connectivity index (χ2v) is 9.60. The number of hydrogen-bond donors (Lipinski definition) is 6. The minimum Gasteiger partial charge on any atom is -0.366 e. The Morgan fingerprint density at radius 1 is 0.238 bits per heavy atom. The van der Waals surface area contributed by atoms with E-state index in [2.05, 4.69) is 31.9 Å². The van der Waals surface area contributed by atoms with Crippen molar-refractivity contribution < 1.29 is 18.9 Å². The first-order chi connectivity index (χ1) is 18.5. The van der Waals surface area contributed by atoms with Crippen LogP contribution < -0.4 is 31.9 Å². The molecule has 0 spiro atoms. The van der Waals surface area contributed by atoms with E-state index in [1.165, 1.54) is 96.8 Å². The minimum absolute atomic E-state index is 0. The quantitative estimate of drug-likeness (QED) is 0.226. The van der Waals surface area contributed by atoms with E-state index in [-0.39, 0.29) is 37.1 Å². The van der Waals surface area contributed by atoms with Gasteiger partial charge in [-0.3, -0.25) is 21.3 Å². The molecule has 6 aliphatic heterocycles. The Labute approximate surface area is 264 Å². The van der Waals surface area contributed by atoms with Crippen LogP contribution in [0.5, 0.6) is 0 Å². The van der Waals surface area contributed by atoms with Gasteiger partial charge in [0.15, 0.2) is 0 Å². The van der Waals surface area contributed by atoms with Crippen molar-refractivity contribution in [3.05, 3.63) is 0 Å². The summed E-state index contributed by atoms with van der Waals surface area (Å²) in [6.07, 6.45) is 14.5. The van der Waals surface area contributed by atoms with Gasteiger partial charge >= 0.3 is 0 Å². The smallest absolute Gasteiger partial charge is 0.0966 e. The van der Waals surface area contributed by atoms with Crippen molar-refractivity contribution in [2.24, 2.45) is 0 Å². The van der Waals surface area contributed by atoms with E-state index in [0.29, 0.717) is 0 Å². The van der Waals surface area contributed by atoms with Crippen LogP contribution in [0.1, 0.15) is 108 Å². The van der Waals surface area contributed by atoms with Gasteiger partial charge in [0, 0.05) is 26.4 Å². The highest BCUT2D eigenvalue weighted by molar-refractivity contribution is 4.56. The Balaban J connectivity index is -0.000000128. The summed E-state index contributed by atoms with van der Waals surface area (Å²) in [6.45, 7) is 16.1. The van der Waals surface area contributed by atoms with Gasteiger partial charge in [0.05, 0.1) is 33.5 Å². The molecular weight excluding hydrogens is 532 g/mol. The van der Waals surface area contributed by atoms with Gasteiger partial charge in [0.2, 0.25) is 0 Å². The van der Waals surface area contributed by atoms with E-state index in [9.17, 15) is 0 Å². The van der Waals surface area contributed by atoms with Gasteiger partial charge in [0.1, 0.15) is 0 Å². The molecule has 0 aromatic heterocycles. The highest BCUT2D eigenvalue weighted by atomic mass is 16.5. The van der Waals surface area contributed by atoms with Gasteiger partial charge in [0.25, 0.3) is 0 Å². The van der Waals surface area contributed by atoms with Gasteiger partial charge in [-0.1, -0.05) is 43.6 Å². The summed E-state index contributed by atoms with van der Waals surface area (Å²) in [5.41, 5.74) is 0. The van der Waals surface area contributed by atoms with E-state index in [0.717, 1.165) is 79.5 Å². The number of ether oxygens (including phenoxy) is 4. The third-order valence-corrected chi connectivity index (χ3v) is 6.08. The number of nitrogens with one attached hydrogen (secondary N) is 6. The van der Waals surface area contributed by atoms with Crippen LogP contribution in [0, 0.1) is 0 Å². The van der Waals surface area contributed by atoms with Gasteiger partial charge in [-0.15, -0.1) is 0 Å². The molecule has 0 saturated carbocycles. The first-order valence-electron chi connectivity index (χ1n) is 15.1. The second kappa shape index (κ2) is 47.5. The first kappa shape index (κ1) is 51.2. The molecule has 0 aromatic rings. The number of rotatable bonds is 0. The predicted molar refractivity (Wildman–Crippen MR) is 185 cm³/mol. The minimum atomic E-state index is 0. The van der Waals surface area contributed by atoms with Crippen molar-refractivity contribution in [1.29, 1.82) is 0 Å². The fraction of sp³-hybridized carbons (Fsp3) is 1.00. The van der Waals surface area contributed by atoms with Crippen molar-refractivity contribution >= 4 is 0 Å². The lowest BCUT2D eigenvalue weighted by Gasteiger charge is -2.10. The summed E-state index contributed by atoms with van der Waals surface area (Å²) in [4.78, 5) is 0. The molecule has 6 saturated heterocycles. The zero-order chi connectivity index (χ0) is 26.2. The summed E-state index contributed by atoms with van der Waals surface area (Å²) in [6, 6.07) is 0. The molecule has 6 aliphatic rings. The Morgan fingerprint density at radius 3 is 0.833 bits per heavy atom. The van der Waals surface area contributed by atoms with Gasteiger partial charge in [-0.05, 0) is 110 Å². The molecule has 6 heterocycles. The van der Waals surface area contributed by atoms with Crippen molar-refractivity contribution in [2.75, 3.05) is 106 Å². The maximum absolute atomic E-state index is 5.16. The lowest BCUT2D eigenvalue weighted by atomic mass is 10.2. The molecular formula is C32H80N6O4. The Hall–Kier alpha value is -0.400. The molecule has 42 heavy (non-hydrogen) atoms. The fourth-order valence-corrected chi connectivity index (χ4v) is 3.82. The molecule has 0 unspecified atom stereocenters. The standard InChI is InChI=1S/C6H13NO.C5H11NO.C5H11N.C4H9NO.C4H9N.C3H7NO.5CH4/c1-2-4-7-6-8-5-3-1;1-2-4-7-5-6-3-1;1-2-4-6-5-3-1;1-2-5-4-6-3-1;1-2-4-5-3-1;1-2-5-3-4-1;;;;;/h7H,1-6H2;6H,1-5H2;6H,1-5H2;5H,1-4H2;5H,1-4H2;4H,1-3H2;5*1H4. The molecule has 6 rings (SSSR count). The van der Waals surface area contributed by atoms with E-state index in [4.69, 9.17) is 18.9 Å². The number of hydrogen-bond acceptors (Lipinski definition) is 10. The van der Waals surface area contributed by atoms with Crippen LogP contribution >= 0.6 is 0 Å². The van der Waals surface area contributed by atoms with Crippen molar-refractivity contribution in [3.8, 4) is 0 Å². The first-order valence-corrected chi connectivity index (χ1v) is 15.1. The van der Waals surface area contributed by atoms with Crippen LogP contribution in [-0.4, -0.2) is 106 Å². The van der Waals surface area contributed by atoms with Crippen molar-refractivity contribution in [1.82, 2.24) is 31.9 Å². The molecule has 10 heteroatoms. The summed E-state index contributed by atoms with van der Waals surface area (Å²) < 4.78 is 20.0. The van der Waals surface area contributed by atoms with Crippen LogP contribution in [0.4, 0.5) is 0 Å². The Morgan fingerprint density at radius 2 is 0.524 bits per heavy atom. The average molecular weight is 613 g/mol. The summed E-state index contributed by atoms with van der Waals surface area (Å²) in [5, 5.41) is 18.9. The SMILES string of the molecule is C.C.C.C.C.C1CCNC1.C1CCNCC1.C1CCNCOCC1.C1CCOCNC1.C1CNCOC1.C1COCN1. The van der Waals surface area contributed by atoms with Gasteiger partial charge in [-0.25, -0.2) is 0 Å². The van der Waals surface area contributed by atoms with Crippen LogP contribution in [0.2, 0.25) is 0 Å². The fourth-order valence-electron chi connectivity index (χ4n) is 3.82. The van der Waals surface area contributed by atoms with Crippen molar-refractivity contribution in [2.45, 2.75) is 108 Å². The molecule has 0 aromatic carbocycles. The lowest BCUT2D eigenvalue weighted by Crippen LogP contribution is -2.26. The Bertz CT molecular complexity index is 309. The zero-order valence-electron chi connectivity index (χ0n) is 23.7. The molecule has 0 bridgehead atoms. The zero-order valence-corrected chi connectivity index (χ0v) is 23.7. The summed E-state index contributed by atoms with van der Waals surface area (Å²) in [7, 11) is 0. The lowest BCUT2D eigenvalue weighted by molar-refractivity contribution is 0.0848. The highest BCUT2D eigenvalue weighted by Crippen LogP contribution is 1.97. The highest BCUT2D eigenvalue weighted by Gasteiger charge is 1.96. The second-order valence-electron chi connectivity index (χ2n) is 9.60. The molecule has 262 valence electrons. The predicted octanol–water partition coefficient (Wildman–Crippen LogP) is 4.91. The Kier molecular flexibility index (Phi) is 57.9. The molecule has 0 aliphatic carbocycles. The normalized spacial score (nSPS) is 21.1. The van der Waals surface area contributed by atoms with Crippen LogP contribution in [-0.2, 0) is 18.9 Å². The molecule has 0 atom stereocenters. The average Bonchev–Trinajstić information content (AvgIpc) is 3.68. The van der Waals surface area contributed by atoms with E-state index in [1.54, 1.807) is 0 Å². The van der Waals surface area contributed by atoms with Crippen LogP contribution in [0.15, 0.2) is 0 Å².